The highest BCUT2D eigenvalue weighted by molar-refractivity contribution is 6.01. The molecule has 0 amide bonds. The molecule has 0 unspecified atom stereocenters. The van der Waals surface area contributed by atoms with E-state index in [1.54, 1.807) is 6.08 Å². The standard InChI is InChI=1S/C30H31N3/c1-22-13-10-16-27(20-22)24(3)33-29-18-11-17-28(26-14-6-5-7-15-26)30(29)25(4)32-21-23(2)12-8-9-19-31/h5-20,32H,2,4,21,31H2,1,3H3/b12-8-,19-9-,33-24+. The van der Waals surface area contributed by atoms with Crippen LogP contribution in [-0.2, 0) is 0 Å². The number of aryl methyl sites for hydroxylation is 1. The van der Waals surface area contributed by atoms with Crippen molar-refractivity contribution < 1.29 is 0 Å². The van der Waals surface area contributed by atoms with Crippen LogP contribution in [0.2, 0.25) is 0 Å². The molecule has 0 saturated heterocycles. The molecule has 3 heteroatoms. The molecule has 0 aliphatic heterocycles. The van der Waals surface area contributed by atoms with Gasteiger partial charge in [0, 0.05) is 23.5 Å². The van der Waals surface area contributed by atoms with Gasteiger partial charge in [0.05, 0.1) is 5.69 Å². The van der Waals surface area contributed by atoms with E-state index >= 15 is 0 Å². The zero-order valence-corrected chi connectivity index (χ0v) is 19.4. The van der Waals surface area contributed by atoms with Gasteiger partial charge in [-0.3, -0.25) is 4.99 Å². The predicted octanol–water partition coefficient (Wildman–Crippen LogP) is 6.95. The number of allylic oxidation sites excluding steroid dienone is 2. The van der Waals surface area contributed by atoms with Gasteiger partial charge in [0.1, 0.15) is 0 Å². The SMILES string of the molecule is C=C(/C=C\C=C/N)CNC(=C)c1c(/N=C(\C)c2cccc(C)c2)cccc1-c1ccccc1. The molecule has 0 aliphatic carbocycles. The normalized spacial score (nSPS) is 11.8. The van der Waals surface area contributed by atoms with Gasteiger partial charge in [-0.05, 0) is 54.5 Å². The van der Waals surface area contributed by atoms with Crippen LogP contribution >= 0.6 is 0 Å². The maximum absolute atomic E-state index is 5.39. The van der Waals surface area contributed by atoms with E-state index in [1.165, 1.54) is 11.8 Å². The summed E-state index contributed by atoms with van der Waals surface area (Å²) >= 11 is 0. The summed E-state index contributed by atoms with van der Waals surface area (Å²) in [5, 5.41) is 3.43. The number of rotatable bonds is 9. The Morgan fingerprint density at radius 2 is 1.73 bits per heavy atom. The Morgan fingerprint density at radius 1 is 0.970 bits per heavy atom. The average molecular weight is 434 g/mol. The Kier molecular flexibility index (Phi) is 8.20. The largest absolute Gasteiger partial charge is 0.405 e. The maximum Gasteiger partial charge on any atom is 0.0732 e. The van der Waals surface area contributed by atoms with E-state index in [2.05, 4.69) is 67.9 Å². The summed E-state index contributed by atoms with van der Waals surface area (Å²) in [4.78, 5) is 5.02. The summed E-state index contributed by atoms with van der Waals surface area (Å²) in [6.45, 7) is 13.2. The number of nitrogens with two attached hydrogens (primary N) is 1. The Morgan fingerprint density at radius 3 is 2.45 bits per heavy atom. The topological polar surface area (TPSA) is 50.4 Å². The minimum atomic E-state index is 0.566. The first-order valence-corrected chi connectivity index (χ1v) is 11.0. The van der Waals surface area contributed by atoms with Gasteiger partial charge in [-0.15, -0.1) is 0 Å². The van der Waals surface area contributed by atoms with Gasteiger partial charge in [0.25, 0.3) is 0 Å². The molecule has 3 rings (SSSR count). The fraction of sp³-hybridized carbons (Fsp3) is 0.100. The zero-order chi connectivity index (χ0) is 23.6. The number of aliphatic imine (C=N–C) groups is 1. The van der Waals surface area contributed by atoms with Crippen LogP contribution in [0.15, 0.2) is 121 Å². The van der Waals surface area contributed by atoms with Crippen LogP contribution in [-0.4, -0.2) is 12.3 Å². The molecular weight excluding hydrogens is 402 g/mol. The fourth-order valence-electron chi connectivity index (χ4n) is 3.55. The molecule has 3 aromatic rings. The molecule has 0 atom stereocenters. The highest BCUT2D eigenvalue weighted by Crippen LogP contribution is 2.35. The van der Waals surface area contributed by atoms with Crippen LogP contribution in [0, 0.1) is 6.92 Å². The zero-order valence-electron chi connectivity index (χ0n) is 19.4. The van der Waals surface area contributed by atoms with Crippen molar-refractivity contribution in [1.82, 2.24) is 5.32 Å². The van der Waals surface area contributed by atoms with Crippen molar-refractivity contribution in [1.29, 1.82) is 0 Å². The Balaban J connectivity index is 2.01. The van der Waals surface area contributed by atoms with Gasteiger partial charge >= 0.3 is 0 Å². The van der Waals surface area contributed by atoms with E-state index in [0.29, 0.717) is 6.54 Å². The lowest BCUT2D eigenvalue weighted by Gasteiger charge is -2.17. The lowest BCUT2D eigenvalue weighted by molar-refractivity contribution is 0.983. The van der Waals surface area contributed by atoms with E-state index in [1.807, 2.05) is 49.4 Å². The summed E-state index contributed by atoms with van der Waals surface area (Å²) in [7, 11) is 0. The first-order valence-electron chi connectivity index (χ1n) is 11.0. The number of benzene rings is 3. The molecule has 0 radical (unpaired) electrons. The van der Waals surface area contributed by atoms with Gasteiger partial charge in [-0.1, -0.05) is 97.6 Å². The molecule has 0 saturated carbocycles. The molecule has 0 heterocycles. The highest BCUT2D eigenvalue weighted by atomic mass is 14.9. The van der Waals surface area contributed by atoms with Crippen molar-refractivity contribution in [3.63, 3.8) is 0 Å². The smallest absolute Gasteiger partial charge is 0.0732 e. The predicted molar refractivity (Wildman–Crippen MR) is 144 cm³/mol. The van der Waals surface area contributed by atoms with E-state index in [9.17, 15) is 0 Å². The summed E-state index contributed by atoms with van der Waals surface area (Å²) < 4.78 is 0. The summed E-state index contributed by atoms with van der Waals surface area (Å²) in [6, 6.07) is 24.9. The van der Waals surface area contributed by atoms with Crippen LogP contribution in [0.4, 0.5) is 5.69 Å². The third kappa shape index (κ3) is 6.44. The van der Waals surface area contributed by atoms with Crippen molar-refractivity contribution in [3.8, 4) is 11.1 Å². The quantitative estimate of drug-likeness (QED) is 0.283. The molecule has 3 nitrogen and oxygen atoms in total. The minimum Gasteiger partial charge on any atom is -0.405 e. The Labute approximate surface area is 197 Å². The van der Waals surface area contributed by atoms with Gasteiger partial charge in [-0.2, -0.15) is 0 Å². The van der Waals surface area contributed by atoms with Gasteiger partial charge in [0.2, 0.25) is 0 Å². The molecule has 33 heavy (non-hydrogen) atoms. The van der Waals surface area contributed by atoms with E-state index in [0.717, 1.165) is 44.9 Å². The fourth-order valence-corrected chi connectivity index (χ4v) is 3.55. The first kappa shape index (κ1) is 23.6. The number of hydrogen-bond acceptors (Lipinski definition) is 3. The van der Waals surface area contributed by atoms with Crippen molar-refractivity contribution in [2.24, 2.45) is 10.7 Å². The number of hydrogen-bond donors (Lipinski definition) is 2. The van der Waals surface area contributed by atoms with Crippen LogP contribution in [0.25, 0.3) is 16.8 Å². The minimum absolute atomic E-state index is 0.566. The van der Waals surface area contributed by atoms with Gasteiger partial charge < -0.3 is 11.1 Å². The molecule has 166 valence electrons. The molecule has 0 bridgehead atoms. The van der Waals surface area contributed by atoms with Gasteiger partial charge in [-0.25, -0.2) is 0 Å². The van der Waals surface area contributed by atoms with Crippen LogP contribution in [0.5, 0.6) is 0 Å². The molecule has 0 spiro atoms. The molecule has 0 aliphatic rings. The molecule has 3 N–H and O–H groups in total. The van der Waals surface area contributed by atoms with Crippen LogP contribution < -0.4 is 11.1 Å². The third-order valence-electron chi connectivity index (χ3n) is 5.24. The average Bonchev–Trinajstić information content (AvgIpc) is 2.83. The number of nitrogens with zero attached hydrogens (tertiary/aromatic N) is 1. The Bertz CT molecular complexity index is 1210. The lowest BCUT2D eigenvalue weighted by Crippen LogP contribution is -2.14. The summed E-state index contributed by atoms with van der Waals surface area (Å²) in [5.41, 5.74) is 14.4. The molecule has 3 aromatic carbocycles. The Hall–Kier alpha value is -4.11. The van der Waals surface area contributed by atoms with E-state index in [4.69, 9.17) is 10.7 Å². The van der Waals surface area contributed by atoms with Crippen molar-refractivity contribution >= 4 is 17.1 Å². The third-order valence-corrected chi connectivity index (χ3v) is 5.24. The highest BCUT2D eigenvalue weighted by Gasteiger charge is 2.14. The van der Waals surface area contributed by atoms with E-state index < -0.39 is 0 Å². The summed E-state index contributed by atoms with van der Waals surface area (Å²) in [6.07, 6.45) is 7.05. The maximum atomic E-state index is 5.39. The second-order valence-electron chi connectivity index (χ2n) is 7.87. The second-order valence-corrected chi connectivity index (χ2v) is 7.87. The van der Waals surface area contributed by atoms with Crippen molar-refractivity contribution in [3.05, 3.63) is 133 Å². The first-order chi connectivity index (χ1) is 16.0. The second kappa shape index (κ2) is 11.5. The van der Waals surface area contributed by atoms with Gasteiger partial charge in [0.15, 0.2) is 0 Å². The molecule has 0 aromatic heterocycles. The van der Waals surface area contributed by atoms with Crippen LogP contribution in [0.3, 0.4) is 0 Å². The van der Waals surface area contributed by atoms with Crippen molar-refractivity contribution in [2.45, 2.75) is 13.8 Å². The van der Waals surface area contributed by atoms with E-state index in [-0.39, 0.29) is 0 Å². The molecule has 0 fully saturated rings. The monoisotopic (exact) mass is 433 g/mol. The molecular formula is C30H31N3. The van der Waals surface area contributed by atoms with Crippen LogP contribution in [0.1, 0.15) is 23.6 Å². The summed E-state index contributed by atoms with van der Waals surface area (Å²) in [5.74, 6) is 0. The number of nitrogens with one attached hydrogen (secondary N) is 1. The van der Waals surface area contributed by atoms with Crippen molar-refractivity contribution in [2.75, 3.05) is 6.54 Å². The lowest BCUT2D eigenvalue weighted by atomic mass is 9.96.